The van der Waals surface area contributed by atoms with Gasteiger partial charge in [-0.2, -0.15) is 0 Å². The molecule has 0 aromatic heterocycles. The molecule has 3 nitrogen and oxygen atoms in total. The Hall–Kier alpha value is -1.00. The number of thioether (sulfide) groups is 1. The van der Waals surface area contributed by atoms with E-state index in [1.165, 1.54) is 10.5 Å². The lowest BCUT2D eigenvalue weighted by Gasteiger charge is -2.21. The lowest BCUT2D eigenvalue weighted by Crippen LogP contribution is -2.41. The molecule has 0 aliphatic carbocycles. The van der Waals surface area contributed by atoms with Crippen molar-refractivity contribution in [3.05, 3.63) is 29.8 Å². The molecule has 1 rings (SSSR count). The van der Waals surface area contributed by atoms with Crippen molar-refractivity contribution in [2.45, 2.75) is 38.3 Å². The molecule has 0 aliphatic rings. The topological polar surface area (TPSA) is 32.3 Å². The monoisotopic (exact) mass is 294 g/mol. The van der Waals surface area contributed by atoms with Crippen LogP contribution in [0.1, 0.15) is 26.3 Å². The van der Waals surface area contributed by atoms with E-state index in [1.54, 1.807) is 11.8 Å². The highest BCUT2D eigenvalue weighted by Crippen LogP contribution is 2.15. The second kappa shape index (κ2) is 8.32. The van der Waals surface area contributed by atoms with Gasteiger partial charge in [0.05, 0.1) is 6.54 Å². The van der Waals surface area contributed by atoms with E-state index in [9.17, 15) is 4.79 Å². The first-order valence-electron chi connectivity index (χ1n) is 7.03. The Morgan fingerprint density at radius 2 is 1.85 bits per heavy atom. The molecule has 0 heterocycles. The zero-order valence-electron chi connectivity index (χ0n) is 13.1. The molecule has 112 valence electrons. The van der Waals surface area contributed by atoms with Crippen molar-refractivity contribution in [2.24, 2.45) is 5.92 Å². The summed E-state index contributed by atoms with van der Waals surface area (Å²) in [5.74, 6) is 0.553. The number of amides is 1. The number of hydrogen-bond acceptors (Lipinski definition) is 3. The molecule has 0 fully saturated rings. The van der Waals surface area contributed by atoms with E-state index in [4.69, 9.17) is 0 Å². The summed E-state index contributed by atoms with van der Waals surface area (Å²) in [7, 11) is 1.97. The second-order valence-corrected chi connectivity index (χ2v) is 6.50. The van der Waals surface area contributed by atoms with Crippen molar-refractivity contribution in [1.82, 2.24) is 10.2 Å². The summed E-state index contributed by atoms with van der Waals surface area (Å²) in [5, 5.41) is 3.03. The van der Waals surface area contributed by atoms with E-state index in [0.717, 1.165) is 6.54 Å². The Kier molecular flexibility index (Phi) is 7.10. The third-order valence-corrected chi connectivity index (χ3v) is 4.16. The summed E-state index contributed by atoms with van der Waals surface area (Å²) in [5.41, 5.74) is 1.23. The van der Waals surface area contributed by atoms with E-state index in [2.05, 4.69) is 49.7 Å². The molecule has 0 saturated carbocycles. The van der Waals surface area contributed by atoms with Crippen molar-refractivity contribution in [2.75, 3.05) is 19.8 Å². The van der Waals surface area contributed by atoms with Crippen molar-refractivity contribution in [1.29, 1.82) is 0 Å². The van der Waals surface area contributed by atoms with Crippen LogP contribution < -0.4 is 5.32 Å². The Balaban J connectivity index is 2.42. The summed E-state index contributed by atoms with van der Waals surface area (Å²) in [6, 6.07) is 8.70. The minimum absolute atomic E-state index is 0.0921. The lowest BCUT2D eigenvalue weighted by atomic mass is 10.1. The first-order chi connectivity index (χ1) is 9.42. The zero-order chi connectivity index (χ0) is 15.1. The van der Waals surface area contributed by atoms with Crippen LogP contribution in [0.5, 0.6) is 0 Å². The van der Waals surface area contributed by atoms with Crippen LogP contribution in [0.4, 0.5) is 0 Å². The maximum Gasteiger partial charge on any atom is 0.234 e. The fourth-order valence-electron chi connectivity index (χ4n) is 1.81. The van der Waals surface area contributed by atoms with Gasteiger partial charge < -0.3 is 5.32 Å². The summed E-state index contributed by atoms with van der Waals surface area (Å²) in [6.07, 6.45) is 2.07. The van der Waals surface area contributed by atoms with Crippen LogP contribution in [-0.4, -0.2) is 36.7 Å². The molecule has 0 radical (unpaired) electrons. The maximum absolute atomic E-state index is 11.9. The Morgan fingerprint density at radius 3 is 2.35 bits per heavy atom. The van der Waals surface area contributed by atoms with Crippen LogP contribution in [0.15, 0.2) is 29.2 Å². The summed E-state index contributed by atoms with van der Waals surface area (Å²) in [4.78, 5) is 15.2. The van der Waals surface area contributed by atoms with E-state index >= 15 is 0 Å². The molecule has 0 saturated heterocycles. The molecular formula is C16H26N2OS. The SMILES string of the molecule is CSc1ccc(CN(C)CC(=O)NC(C)C(C)C)cc1. The Morgan fingerprint density at radius 1 is 1.25 bits per heavy atom. The molecule has 1 aromatic rings. The van der Waals surface area contributed by atoms with Gasteiger partial charge >= 0.3 is 0 Å². The third kappa shape index (κ3) is 5.97. The third-order valence-electron chi connectivity index (χ3n) is 3.41. The molecular weight excluding hydrogens is 268 g/mol. The first kappa shape index (κ1) is 17.1. The highest BCUT2D eigenvalue weighted by atomic mass is 32.2. The highest BCUT2D eigenvalue weighted by molar-refractivity contribution is 7.98. The summed E-state index contributed by atoms with van der Waals surface area (Å²) < 4.78 is 0. The lowest BCUT2D eigenvalue weighted by molar-refractivity contribution is -0.122. The van der Waals surface area contributed by atoms with Gasteiger partial charge in [-0.15, -0.1) is 11.8 Å². The van der Waals surface area contributed by atoms with Crippen molar-refractivity contribution in [3.63, 3.8) is 0 Å². The van der Waals surface area contributed by atoms with E-state index in [0.29, 0.717) is 12.5 Å². The van der Waals surface area contributed by atoms with Gasteiger partial charge in [-0.1, -0.05) is 26.0 Å². The minimum atomic E-state index is 0.0921. The molecule has 1 unspecified atom stereocenters. The van der Waals surface area contributed by atoms with Gasteiger partial charge in [-0.25, -0.2) is 0 Å². The van der Waals surface area contributed by atoms with Crippen LogP contribution in [-0.2, 0) is 11.3 Å². The molecule has 1 atom stereocenters. The number of likely N-dealkylation sites (N-methyl/N-ethyl adjacent to an activating group) is 1. The summed E-state index contributed by atoms with van der Waals surface area (Å²) in [6.45, 7) is 7.49. The molecule has 1 amide bonds. The molecule has 1 aromatic carbocycles. The zero-order valence-corrected chi connectivity index (χ0v) is 14.0. The van der Waals surface area contributed by atoms with Gasteiger partial charge in [0.1, 0.15) is 0 Å². The summed E-state index contributed by atoms with van der Waals surface area (Å²) >= 11 is 1.74. The molecule has 0 spiro atoms. The Labute approximate surface area is 127 Å². The number of nitrogens with zero attached hydrogens (tertiary/aromatic N) is 1. The smallest absolute Gasteiger partial charge is 0.234 e. The predicted octanol–water partition coefficient (Wildman–Crippen LogP) is 3.00. The molecule has 1 N–H and O–H groups in total. The van der Waals surface area contributed by atoms with Crippen molar-refractivity contribution < 1.29 is 4.79 Å². The Bertz CT molecular complexity index is 417. The molecule has 0 bridgehead atoms. The number of carbonyl (C=O) groups is 1. The van der Waals surface area contributed by atoms with Gasteiger partial charge in [-0.05, 0) is 43.8 Å². The van der Waals surface area contributed by atoms with E-state index in [1.807, 2.05) is 18.9 Å². The standard InChI is InChI=1S/C16H26N2OS/c1-12(2)13(3)17-16(19)11-18(4)10-14-6-8-15(20-5)9-7-14/h6-9,12-13H,10-11H2,1-5H3,(H,17,19). The van der Waals surface area contributed by atoms with Crippen LogP contribution in [0.2, 0.25) is 0 Å². The van der Waals surface area contributed by atoms with E-state index in [-0.39, 0.29) is 11.9 Å². The number of rotatable bonds is 7. The van der Waals surface area contributed by atoms with Crippen LogP contribution >= 0.6 is 11.8 Å². The average molecular weight is 294 g/mol. The van der Waals surface area contributed by atoms with Crippen molar-refractivity contribution >= 4 is 17.7 Å². The number of hydrogen-bond donors (Lipinski definition) is 1. The van der Waals surface area contributed by atoms with Crippen LogP contribution in [0.25, 0.3) is 0 Å². The van der Waals surface area contributed by atoms with Gasteiger partial charge in [-0.3, -0.25) is 9.69 Å². The van der Waals surface area contributed by atoms with Crippen LogP contribution in [0, 0.1) is 5.92 Å². The minimum Gasteiger partial charge on any atom is -0.352 e. The van der Waals surface area contributed by atoms with Gasteiger partial charge in [0.15, 0.2) is 0 Å². The average Bonchev–Trinajstić information content (AvgIpc) is 2.39. The van der Waals surface area contributed by atoms with Gasteiger partial charge in [0.25, 0.3) is 0 Å². The normalized spacial score (nSPS) is 12.8. The largest absolute Gasteiger partial charge is 0.352 e. The second-order valence-electron chi connectivity index (χ2n) is 5.62. The number of nitrogens with one attached hydrogen (secondary N) is 1. The number of benzene rings is 1. The van der Waals surface area contributed by atoms with Gasteiger partial charge in [0, 0.05) is 17.5 Å². The highest BCUT2D eigenvalue weighted by Gasteiger charge is 2.12. The molecule has 0 aliphatic heterocycles. The quantitative estimate of drug-likeness (QED) is 0.785. The molecule has 4 heteroatoms. The van der Waals surface area contributed by atoms with Crippen LogP contribution in [0.3, 0.4) is 0 Å². The first-order valence-corrected chi connectivity index (χ1v) is 8.25. The number of carbonyl (C=O) groups excluding carboxylic acids is 1. The van der Waals surface area contributed by atoms with Crippen molar-refractivity contribution in [3.8, 4) is 0 Å². The van der Waals surface area contributed by atoms with Gasteiger partial charge in [0.2, 0.25) is 5.91 Å². The maximum atomic E-state index is 11.9. The predicted molar refractivity (Wildman–Crippen MR) is 87.0 cm³/mol. The molecule has 20 heavy (non-hydrogen) atoms. The van der Waals surface area contributed by atoms with E-state index < -0.39 is 0 Å². The fraction of sp³-hybridized carbons (Fsp3) is 0.562. The fourth-order valence-corrected chi connectivity index (χ4v) is 2.22.